The van der Waals surface area contributed by atoms with Crippen molar-refractivity contribution in [2.75, 3.05) is 44.7 Å². The Hall–Kier alpha value is -1.05. The molecule has 0 atom stereocenters. The summed E-state index contributed by atoms with van der Waals surface area (Å²) in [5.41, 5.74) is 0. The molecule has 2 heterocycles. The highest BCUT2D eigenvalue weighted by atomic mass is 79.9. The Labute approximate surface area is 120 Å². The number of ether oxygens (including phenoxy) is 1. The number of hydrogen-bond acceptors (Lipinski definition) is 4. The van der Waals surface area contributed by atoms with Crippen LogP contribution in [-0.2, 0) is 4.74 Å². The van der Waals surface area contributed by atoms with Crippen molar-refractivity contribution < 1.29 is 13.9 Å². The number of nitrogens with zero attached hydrogens (tertiary/aromatic N) is 1. The van der Waals surface area contributed by atoms with Crippen LogP contribution in [0.4, 0.5) is 10.7 Å². The third-order valence-corrected chi connectivity index (χ3v) is 3.28. The van der Waals surface area contributed by atoms with Crippen molar-refractivity contribution in [3.8, 4) is 0 Å². The quantitative estimate of drug-likeness (QED) is 0.808. The Morgan fingerprint density at radius 3 is 2.84 bits per heavy atom. The van der Waals surface area contributed by atoms with E-state index in [9.17, 15) is 4.79 Å². The fourth-order valence-corrected chi connectivity index (χ4v) is 2.17. The topological polar surface area (TPSA) is 66.7 Å². The Morgan fingerprint density at radius 2 is 2.16 bits per heavy atom. The lowest BCUT2D eigenvalue weighted by Crippen LogP contribution is -2.38. The van der Waals surface area contributed by atoms with Gasteiger partial charge in [0.05, 0.1) is 13.2 Å². The molecular weight excluding hydrogens is 314 g/mol. The normalized spacial score (nSPS) is 16.3. The third kappa shape index (κ3) is 5.22. The van der Waals surface area contributed by atoms with Gasteiger partial charge in [0.25, 0.3) is 0 Å². The number of morpholine rings is 1. The predicted molar refractivity (Wildman–Crippen MR) is 75.3 cm³/mol. The molecule has 2 amide bonds. The fraction of sp³-hybridized carbons (Fsp3) is 0.583. The zero-order valence-electron chi connectivity index (χ0n) is 10.7. The van der Waals surface area contributed by atoms with Crippen molar-refractivity contribution in [2.45, 2.75) is 6.42 Å². The van der Waals surface area contributed by atoms with Gasteiger partial charge in [-0.25, -0.2) is 4.79 Å². The molecule has 0 spiro atoms. The molecule has 1 saturated heterocycles. The van der Waals surface area contributed by atoms with Gasteiger partial charge in [-0.1, -0.05) is 0 Å². The van der Waals surface area contributed by atoms with Gasteiger partial charge in [0, 0.05) is 25.7 Å². The van der Waals surface area contributed by atoms with E-state index in [1.807, 2.05) is 0 Å². The summed E-state index contributed by atoms with van der Waals surface area (Å²) in [6.45, 7) is 5.20. The summed E-state index contributed by atoms with van der Waals surface area (Å²) >= 11 is 3.18. The van der Waals surface area contributed by atoms with Crippen LogP contribution in [0.5, 0.6) is 0 Å². The molecule has 1 aliphatic heterocycles. The Balaban J connectivity index is 1.56. The second-order valence-corrected chi connectivity index (χ2v) is 5.07. The lowest BCUT2D eigenvalue weighted by atomic mass is 10.3. The van der Waals surface area contributed by atoms with Crippen molar-refractivity contribution in [2.24, 2.45) is 0 Å². The van der Waals surface area contributed by atoms with Crippen LogP contribution in [0.15, 0.2) is 21.2 Å². The summed E-state index contributed by atoms with van der Waals surface area (Å²) in [7, 11) is 0. The van der Waals surface area contributed by atoms with E-state index >= 15 is 0 Å². The van der Waals surface area contributed by atoms with Gasteiger partial charge in [0.1, 0.15) is 0 Å². The number of carbonyl (C=O) groups excluding carboxylic acids is 1. The summed E-state index contributed by atoms with van der Waals surface area (Å²) in [4.78, 5) is 13.9. The van der Waals surface area contributed by atoms with Gasteiger partial charge in [-0.3, -0.25) is 10.2 Å². The van der Waals surface area contributed by atoms with Crippen molar-refractivity contribution in [1.82, 2.24) is 10.2 Å². The number of halogens is 1. The second kappa shape index (κ2) is 7.52. The number of rotatable bonds is 5. The van der Waals surface area contributed by atoms with Gasteiger partial charge >= 0.3 is 6.03 Å². The minimum Gasteiger partial charge on any atom is -0.434 e. The molecule has 0 saturated carbocycles. The van der Waals surface area contributed by atoms with E-state index in [-0.39, 0.29) is 6.03 Å². The molecule has 0 unspecified atom stereocenters. The van der Waals surface area contributed by atoms with Crippen LogP contribution < -0.4 is 10.6 Å². The van der Waals surface area contributed by atoms with Crippen LogP contribution in [0.1, 0.15) is 6.42 Å². The average Bonchev–Trinajstić information content (AvgIpc) is 2.81. The van der Waals surface area contributed by atoms with Crippen molar-refractivity contribution in [3.05, 3.63) is 16.8 Å². The molecule has 1 aliphatic rings. The van der Waals surface area contributed by atoms with Crippen LogP contribution in [0.2, 0.25) is 0 Å². The van der Waals surface area contributed by atoms with Gasteiger partial charge in [-0.15, -0.1) is 0 Å². The van der Waals surface area contributed by atoms with Gasteiger partial charge in [0.15, 0.2) is 4.67 Å². The summed E-state index contributed by atoms with van der Waals surface area (Å²) in [5, 5.41) is 5.42. The third-order valence-electron chi connectivity index (χ3n) is 2.85. The first-order chi connectivity index (χ1) is 9.24. The number of furan rings is 1. The van der Waals surface area contributed by atoms with Gasteiger partial charge < -0.3 is 14.5 Å². The number of carbonyl (C=O) groups is 1. The average molecular weight is 332 g/mol. The zero-order valence-corrected chi connectivity index (χ0v) is 12.2. The molecule has 1 aromatic rings. The molecule has 0 aliphatic carbocycles. The minimum atomic E-state index is -0.246. The first kappa shape index (κ1) is 14.4. The first-order valence-corrected chi connectivity index (χ1v) is 7.13. The number of amides is 2. The highest BCUT2D eigenvalue weighted by molar-refractivity contribution is 9.10. The van der Waals surface area contributed by atoms with E-state index in [1.54, 1.807) is 12.1 Å². The number of urea groups is 1. The van der Waals surface area contributed by atoms with Crippen LogP contribution in [0, 0.1) is 0 Å². The first-order valence-electron chi connectivity index (χ1n) is 6.34. The van der Waals surface area contributed by atoms with E-state index in [4.69, 9.17) is 9.15 Å². The molecule has 6 nitrogen and oxygen atoms in total. The smallest absolute Gasteiger partial charge is 0.321 e. The van der Waals surface area contributed by atoms with E-state index in [0.29, 0.717) is 17.1 Å². The highest BCUT2D eigenvalue weighted by Crippen LogP contribution is 2.17. The van der Waals surface area contributed by atoms with Crippen LogP contribution in [0.25, 0.3) is 0 Å². The molecule has 1 aromatic heterocycles. The van der Waals surface area contributed by atoms with Gasteiger partial charge in [-0.2, -0.15) is 0 Å². The largest absolute Gasteiger partial charge is 0.434 e. The molecular formula is C12H18BrN3O3. The maximum absolute atomic E-state index is 11.5. The zero-order chi connectivity index (χ0) is 13.5. The molecule has 106 valence electrons. The van der Waals surface area contributed by atoms with Crippen molar-refractivity contribution in [1.29, 1.82) is 0 Å². The molecule has 19 heavy (non-hydrogen) atoms. The van der Waals surface area contributed by atoms with E-state index in [0.717, 1.165) is 39.3 Å². The monoisotopic (exact) mass is 331 g/mol. The molecule has 2 N–H and O–H groups in total. The number of nitrogens with one attached hydrogen (secondary N) is 2. The lowest BCUT2D eigenvalue weighted by Gasteiger charge is -2.26. The van der Waals surface area contributed by atoms with Crippen LogP contribution >= 0.6 is 15.9 Å². The predicted octanol–water partition coefficient (Wildman–Crippen LogP) is 1.89. The van der Waals surface area contributed by atoms with E-state index in [2.05, 4.69) is 31.5 Å². The van der Waals surface area contributed by atoms with E-state index in [1.165, 1.54) is 0 Å². The second-order valence-electron chi connectivity index (χ2n) is 4.29. The molecule has 0 bridgehead atoms. The number of anilines is 1. The molecule has 2 rings (SSSR count). The van der Waals surface area contributed by atoms with Crippen LogP contribution in [-0.4, -0.2) is 50.3 Å². The Bertz CT molecular complexity index is 405. The van der Waals surface area contributed by atoms with Crippen molar-refractivity contribution >= 4 is 27.8 Å². The molecule has 1 fully saturated rings. The standard InChI is InChI=1S/C12H18BrN3O3/c13-10-2-3-11(19-10)15-12(17)14-4-1-5-16-6-8-18-9-7-16/h2-3H,1,4-9H2,(H2,14,15,17). The Morgan fingerprint density at radius 1 is 1.37 bits per heavy atom. The summed E-state index contributed by atoms with van der Waals surface area (Å²) in [5.74, 6) is 0.428. The highest BCUT2D eigenvalue weighted by Gasteiger charge is 2.09. The summed E-state index contributed by atoms with van der Waals surface area (Å²) in [6, 6.07) is 3.18. The SMILES string of the molecule is O=C(NCCCN1CCOCC1)Nc1ccc(Br)o1. The fourth-order valence-electron chi connectivity index (χ4n) is 1.87. The van der Waals surface area contributed by atoms with Crippen molar-refractivity contribution in [3.63, 3.8) is 0 Å². The molecule has 0 aromatic carbocycles. The summed E-state index contributed by atoms with van der Waals surface area (Å²) < 4.78 is 11.0. The minimum absolute atomic E-state index is 0.246. The lowest BCUT2D eigenvalue weighted by molar-refractivity contribution is 0.0375. The Kier molecular flexibility index (Phi) is 5.68. The summed E-state index contributed by atoms with van der Waals surface area (Å²) in [6.07, 6.45) is 0.926. The molecule has 7 heteroatoms. The van der Waals surface area contributed by atoms with Gasteiger partial charge in [0.2, 0.25) is 5.88 Å². The number of hydrogen-bond donors (Lipinski definition) is 2. The maximum atomic E-state index is 11.5. The van der Waals surface area contributed by atoms with Gasteiger partial charge in [-0.05, 0) is 35.0 Å². The maximum Gasteiger partial charge on any atom is 0.321 e. The van der Waals surface area contributed by atoms with E-state index < -0.39 is 0 Å². The molecule has 0 radical (unpaired) electrons. The van der Waals surface area contributed by atoms with Crippen LogP contribution in [0.3, 0.4) is 0 Å².